The molecule has 0 aliphatic heterocycles. The summed E-state index contributed by atoms with van der Waals surface area (Å²) in [5.41, 5.74) is 7.04. The van der Waals surface area contributed by atoms with E-state index in [0.717, 1.165) is 16.9 Å². The van der Waals surface area contributed by atoms with Gasteiger partial charge in [0.2, 0.25) is 10.0 Å². The average Bonchev–Trinajstić information content (AvgIpc) is 2.87. The molecule has 0 amide bonds. The molecule has 3 N–H and O–H groups in total. The summed E-state index contributed by atoms with van der Waals surface area (Å²) in [6.07, 6.45) is 0.883. The number of rotatable bonds is 5. The summed E-state index contributed by atoms with van der Waals surface area (Å²) in [6, 6.07) is 6.29. The molecule has 0 unspecified atom stereocenters. The zero-order valence-corrected chi connectivity index (χ0v) is 13.3. The maximum absolute atomic E-state index is 12.2. The van der Waals surface area contributed by atoms with Crippen molar-refractivity contribution in [3.05, 3.63) is 45.1 Å². The molecular weight excluding hydrogens is 316 g/mol. The van der Waals surface area contributed by atoms with Gasteiger partial charge in [-0.3, -0.25) is 0 Å². The predicted molar refractivity (Wildman–Crippen MR) is 83.6 cm³/mol. The van der Waals surface area contributed by atoms with E-state index in [1.54, 1.807) is 11.3 Å². The van der Waals surface area contributed by atoms with Crippen LogP contribution in [0.3, 0.4) is 0 Å². The smallest absolute Gasteiger partial charge is 0.240 e. The highest BCUT2D eigenvalue weighted by molar-refractivity contribution is 7.89. The van der Waals surface area contributed by atoms with E-state index in [1.165, 1.54) is 18.2 Å². The van der Waals surface area contributed by atoms with E-state index in [2.05, 4.69) is 4.72 Å². The Balaban J connectivity index is 2.17. The molecule has 0 atom stereocenters. The van der Waals surface area contributed by atoms with Crippen LogP contribution in [0.25, 0.3) is 0 Å². The van der Waals surface area contributed by atoms with Gasteiger partial charge in [0.25, 0.3) is 0 Å². The Morgan fingerprint density at radius 1 is 1.35 bits per heavy atom. The predicted octanol–water partition coefficient (Wildman–Crippen LogP) is 3.02. The monoisotopic (exact) mass is 330 g/mol. The molecule has 1 aromatic heterocycles. The number of hydrogen-bond acceptors (Lipinski definition) is 4. The number of halogens is 1. The first-order chi connectivity index (χ1) is 9.44. The van der Waals surface area contributed by atoms with Crippen LogP contribution < -0.4 is 10.5 Å². The largest absolute Gasteiger partial charge is 0.397 e. The number of benzene rings is 1. The second kappa shape index (κ2) is 6.13. The van der Waals surface area contributed by atoms with Crippen molar-refractivity contribution in [2.45, 2.75) is 24.8 Å². The molecular formula is C13H15ClN2O2S2. The lowest BCUT2D eigenvalue weighted by molar-refractivity contribution is 0.581. The Hall–Kier alpha value is -1.08. The molecule has 0 saturated heterocycles. The molecule has 0 bridgehead atoms. The van der Waals surface area contributed by atoms with Crippen LogP contribution in [-0.4, -0.2) is 8.42 Å². The zero-order valence-electron chi connectivity index (χ0n) is 10.9. The van der Waals surface area contributed by atoms with Gasteiger partial charge in [-0.15, -0.1) is 11.3 Å². The Morgan fingerprint density at radius 3 is 2.75 bits per heavy atom. The van der Waals surface area contributed by atoms with Crippen LogP contribution in [0.4, 0.5) is 5.69 Å². The van der Waals surface area contributed by atoms with E-state index >= 15 is 0 Å². The lowest BCUT2D eigenvalue weighted by atomic mass is 10.2. The third kappa shape index (κ3) is 3.32. The van der Waals surface area contributed by atoms with Gasteiger partial charge in [0.15, 0.2) is 0 Å². The van der Waals surface area contributed by atoms with Crippen LogP contribution in [0.1, 0.15) is 17.4 Å². The number of hydrogen-bond donors (Lipinski definition) is 2. The van der Waals surface area contributed by atoms with Crippen molar-refractivity contribution >= 4 is 38.6 Å². The van der Waals surface area contributed by atoms with Gasteiger partial charge in [-0.1, -0.05) is 18.5 Å². The fourth-order valence-corrected chi connectivity index (χ4v) is 3.93. The number of thiophene rings is 1. The fourth-order valence-electron chi connectivity index (χ4n) is 1.77. The normalized spacial score (nSPS) is 11.7. The van der Waals surface area contributed by atoms with E-state index in [0.29, 0.717) is 5.02 Å². The number of nitrogens with two attached hydrogens (primary N) is 1. The van der Waals surface area contributed by atoms with Crippen molar-refractivity contribution in [1.82, 2.24) is 4.72 Å². The van der Waals surface area contributed by atoms with E-state index in [1.807, 2.05) is 18.4 Å². The van der Waals surface area contributed by atoms with Gasteiger partial charge in [0.1, 0.15) is 0 Å². The van der Waals surface area contributed by atoms with Crippen LogP contribution >= 0.6 is 22.9 Å². The van der Waals surface area contributed by atoms with Gasteiger partial charge in [-0.25, -0.2) is 13.1 Å². The topological polar surface area (TPSA) is 72.2 Å². The van der Waals surface area contributed by atoms with Crippen molar-refractivity contribution in [3.8, 4) is 0 Å². The second-order valence-electron chi connectivity index (χ2n) is 4.23. The van der Waals surface area contributed by atoms with Crippen molar-refractivity contribution < 1.29 is 8.42 Å². The van der Waals surface area contributed by atoms with Crippen molar-refractivity contribution in [1.29, 1.82) is 0 Å². The number of sulfonamides is 1. The fraction of sp³-hybridized carbons (Fsp3) is 0.231. The quantitative estimate of drug-likeness (QED) is 0.828. The third-order valence-corrected chi connectivity index (χ3v) is 5.63. The molecule has 1 heterocycles. The van der Waals surface area contributed by atoms with E-state index < -0.39 is 10.0 Å². The van der Waals surface area contributed by atoms with Gasteiger partial charge in [-0.2, -0.15) is 0 Å². The number of anilines is 1. The first-order valence-corrected chi connectivity index (χ1v) is 8.78. The third-order valence-electron chi connectivity index (χ3n) is 2.92. The van der Waals surface area contributed by atoms with E-state index in [4.69, 9.17) is 17.3 Å². The molecule has 7 heteroatoms. The first kappa shape index (κ1) is 15.3. The highest BCUT2D eigenvalue weighted by Crippen LogP contribution is 2.23. The Bertz CT molecular complexity index is 711. The second-order valence-corrected chi connectivity index (χ2v) is 7.41. The minimum Gasteiger partial charge on any atom is -0.397 e. The molecule has 4 nitrogen and oxygen atoms in total. The molecule has 0 aliphatic rings. The van der Waals surface area contributed by atoms with Gasteiger partial charge in [0.05, 0.1) is 15.6 Å². The Labute approximate surface area is 127 Å². The summed E-state index contributed by atoms with van der Waals surface area (Å²) in [7, 11) is -3.58. The lowest BCUT2D eigenvalue weighted by Crippen LogP contribution is -2.23. The molecule has 0 aliphatic carbocycles. The number of aryl methyl sites for hydroxylation is 1. The summed E-state index contributed by atoms with van der Waals surface area (Å²) in [4.78, 5) is 1.15. The molecule has 0 radical (unpaired) electrons. The van der Waals surface area contributed by atoms with Crippen LogP contribution in [0, 0.1) is 0 Å². The lowest BCUT2D eigenvalue weighted by Gasteiger charge is -2.08. The van der Waals surface area contributed by atoms with Crippen LogP contribution in [0.15, 0.2) is 34.5 Å². The molecule has 2 aromatic rings. The van der Waals surface area contributed by atoms with Gasteiger partial charge < -0.3 is 5.73 Å². The van der Waals surface area contributed by atoms with Crippen LogP contribution in [-0.2, 0) is 23.0 Å². The van der Waals surface area contributed by atoms with Gasteiger partial charge in [0, 0.05) is 11.4 Å². The Kier molecular flexibility index (Phi) is 4.70. The molecule has 1 aromatic carbocycles. The first-order valence-electron chi connectivity index (χ1n) is 6.04. The summed E-state index contributed by atoms with van der Waals surface area (Å²) in [5.74, 6) is 0. The average molecular weight is 331 g/mol. The summed E-state index contributed by atoms with van der Waals surface area (Å²) >= 11 is 7.33. The molecule has 20 heavy (non-hydrogen) atoms. The SMILES string of the molecule is CCc1ccsc1CNS(=O)(=O)c1ccc(Cl)c(N)c1. The van der Waals surface area contributed by atoms with Crippen molar-refractivity contribution in [2.24, 2.45) is 0 Å². The minimum atomic E-state index is -3.58. The van der Waals surface area contributed by atoms with Gasteiger partial charge in [-0.05, 0) is 41.6 Å². The van der Waals surface area contributed by atoms with Crippen LogP contribution in [0.2, 0.25) is 5.02 Å². The van der Waals surface area contributed by atoms with E-state index in [-0.39, 0.29) is 17.1 Å². The number of nitrogens with one attached hydrogen (secondary N) is 1. The summed E-state index contributed by atoms with van der Waals surface area (Å²) < 4.78 is 27.0. The van der Waals surface area contributed by atoms with Crippen LogP contribution in [0.5, 0.6) is 0 Å². The highest BCUT2D eigenvalue weighted by Gasteiger charge is 2.16. The molecule has 0 saturated carbocycles. The molecule has 0 spiro atoms. The zero-order chi connectivity index (χ0) is 14.8. The summed E-state index contributed by atoms with van der Waals surface area (Å²) in [6.45, 7) is 2.33. The Morgan fingerprint density at radius 2 is 2.10 bits per heavy atom. The maximum Gasteiger partial charge on any atom is 0.240 e. The van der Waals surface area contributed by atoms with Gasteiger partial charge >= 0.3 is 0 Å². The minimum absolute atomic E-state index is 0.119. The highest BCUT2D eigenvalue weighted by atomic mass is 35.5. The van der Waals surface area contributed by atoms with Crippen molar-refractivity contribution in [2.75, 3.05) is 5.73 Å². The standard InChI is InChI=1S/C13H15ClN2O2S2/c1-2-9-5-6-19-13(9)8-16-20(17,18)10-3-4-11(14)12(15)7-10/h3-7,16H,2,8,15H2,1H3. The van der Waals surface area contributed by atoms with E-state index in [9.17, 15) is 8.42 Å². The number of nitrogen functional groups attached to an aromatic ring is 1. The molecule has 2 rings (SSSR count). The summed E-state index contributed by atoms with van der Waals surface area (Å²) in [5, 5.41) is 2.30. The van der Waals surface area contributed by atoms with Crippen molar-refractivity contribution in [3.63, 3.8) is 0 Å². The molecule has 108 valence electrons. The molecule has 0 fully saturated rings. The maximum atomic E-state index is 12.2.